The van der Waals surface area contributed by atoms with Gasteiger partial charge in [-0.2, -0.15) is 0 Å². The Morgan fingerprint density at radius 3 is 2.35 bits per heavy atom. The van der Waals surface area contributed by atoms with Crippen molar-refractivity contribution in [2.45, 2.75) is 51.6 Å². The second-order valence-electron chi connectivity index (χ2n) is 8.55. The van der Waals surface area contributed by atoms with E-state index in [0.717, 1.165) is 24.6 Å². The number of anilines is 1. The van der Waals surface area contributed by atoms with Crippen molar-refractivity contribution in [1.82, 2.24) is 4.90 Å². The molecule has 2 amide bonds. The highest BCUT2D eigenvalue weighted by Crippen LogP contribution is 2.20. The van der Waals surface area contributed by atoms with Gasteiger partial charge in [0.15, 0.2) is 17.7 Å². The van der Waals surface area contributed by atoms with Gasteiger partial charge in [0.1, 0.15) is 12.4 Å². The maximum atomic E-state index is 13.5. The molecule has 7 nitrogen and oxygen atoms in total. The highest BCUT2D eigenvalue weighted by Gasteiger charge is 2.21. The normalized spacial score (nSPS) is 12.2. The van der Waals surface area contributed by atoms with Gasteiger partial charge in [0.05, 0.1) is 6.54 Å². The number of nitrogens with one attached hydrogen (secondary N) is 1. The molecule has 0 saturated heterocycles. The quantitative estimate of drug-likeness (QED) is 0.228. The highest BCUT2D eigenvalue weighted by atomic mass is 19.3. The van der Waals surface area contributed by atoms with Crippen LogP contribution in [0.15, 0.2) is 42.5 Å². The molecule has 0 aliphatic heterocycles. The highest BCUT2D eigenvalue weighted by molar-refractivity contribution is 5.89. The summed E-state index contributed by atoms with van der Waals surface area (Å²) in [5.41, 5.74) is 0.797. The van der Waals surface area contributed by atoms with Crippen molar-refractivity contribution in [3.8, 4) is 5.75 Å². The van der Waals surface area contributed by atoms with Gasteiger partial charge in [-0.1, -0.05) is 12.1 Å². The molecule has 0 aromatic heterocycles. The van der Waals surface area contributed by atoms with Crippen LogP contribution >= 0.6 is 0 Å². The van der Waals surface area contributed by atoms with E-state index in [-0.39, 0.29) is 51.3 Å². The lowest BCUT2D eigenvalue weighted by atomic mass is 10.1. The van der Waals surface area contributed by atoms with Crippen molar-refractivity contribution >= 4 is 17.7 Å². The number of carboxylic acid groups (broad SMARTS) is 1. The molecule has 1 atom stereocenters. The van der Waals surface area contributed by atoms with Crippen molar-refractivity contribution < 1.29 is 41.7 Å². The van der Waals surface area contributed by atoms with Gasteiger partial charge in [0, 0.05) is 37.7 Å². The van der Waals surface area contributed by atoms with E-state index in [4.69, 9.17) is 9.47 Å². The van der Waals surface area contributed by atoms with Gasteiger partial charge in [-0.15, -0.1) is 0 Å². The van der Waals surface area contributed by atoms with Crippen LogP contribution in [0, 0.1) is 11.6 Å². The molecular weight excluding hydrogens is 496 g/mol. The maximum Gasteiger partial charge on any atom is 0.333 e. The van der Waals surface area contributed by atoms with Crippen molar-refractivity contribution in [1.29, 1.82) is 0 Å². The number of nitrogens with zero attached hydrogens (tertiary/aromatic N) is 1. The molecule has 0 heterocycles. The third-order valence-electron chi connectivity index (χ3n) is 5.37. The summed E-state index contributed by atoms with van der Waals surface area (Å²) in [5.74, 6) is -5.53. The van der Waals surface area contributed by atoms with Gasteiger partial charge < -0.3 is 24.8 Å². The van der Waals surface area contributed by atoms with E-state index in [1.807, 2.05) is 0 Å². The Labute approximate surface area is 213 Å². The van der Waals surface area contributed by atoms with E-state index < -0.39 is 35.7 Å². The van der Waals surface area contributed by atoms with Gasteiger partial charge in [0.2, 0.25) is 5.92 Å². The second kappa shape index (κ2) is 14.4. The lowest BCUT2D eigenvalue weighted by Crippen LogP contribution is -2.38. The molecule has 0 saturated carbocycles. The van der Waals surface area contributed by atoms with Crippen molar-refractivity contribution in [2.24, 2.45) is 0 Å². The Morgan fingerprint density at radius 2 is 1.76 bits per heavy atom. The third-order valence-corrected chi connectivity index (χ3v) is 5.37. The van der Waals surface area contributed by atoms with E-state index in [1.54, 1.807) is 31.2 Å². The first-order valence-electron chi connectivity index (χ1n) is 11.9. The summed E-state index contributed by atoms with van der Waals surface area (Å²) in [5, 5.41) is 11.7. The minimum atomic E-state index is -2.80. The summed E-state index contributed by atoms with van der Waals surface area (Å²) in [7, 11) is 0. The molecule has 0 radical (unpaired) electrons. The SMILES string of the molecule is CCOC(Cc1ccc(OCCN(CCCCC(C)(F)F)C(=O)Nc2ccc(F)c(F)c2)cc1)C(=O)O. The third kappa shape index (κ3) is 11.1. The van der Waals surface area contributed by atoms with E-state index in [1.165, 1.54) is 11.0 Å². The van der Waals surface area contributed by atoms with Gasteiger partial charge in [-0.25, -0.2) is 27.2 Å². The zero-order chi connectivity index (χ0) is 27.4. The molecule has 0 aliphatic rings. The second-order valence-corrected chi connectivity index (χ2v) is 8.55. The number of alkyl halides is 2. The standard InChI is InChI=1S/C26H32F4N2O5/c1-3-36-23(24(33)34)16-18-6-9-20(10-7-18)37-15-14-32(13-5-4-12-26(2,29)30)25(35)31-19-8-11-21(27)22(28)17-19/h6-11,17,23H,3-5,12-16H2,1-2H3,(H,31,35)(H,33,34). The summed E-state index contributed by atoms with van der Waals surface area (Å²) in [4.78, 5) is 25.3. The van der Waals surface area contributed by atoms with Crippen LogP contribution in [0.3, 0.4) is 0 Å². The first-order valence-corrected chi connectivity index (χ1v) is 11.9. The number of carboxylic acids is 1. The number of benzene rings is 2. The van der Waals surface area contributed by atoms with Crippen LogP contribution in [0.25, 0.3) is 0 Å². The topological polar surface area (TPSA) is 88.1 Å². The van der Waals surface area contributed by atoms with Gasteiger partial charge in [-0.3, -0.25) is 0 Å². The number of carbonyl (C=O) groups excluding carboxylic acids is 1. The molecule has 37 heavy (non-hydrogen) atoms. The van der Waals surface area contributed by atoms with Gasteiger partial charge in [-0.05, 0) is 56.5 Å². The predicted molar refractivity (Wildman–Crippen MR) is 130 cm³/mol. The lowest BCUT2D eigenvalue weighted by Gasteiger charge is -2.23. The van der Waals surface area contributed by atoms with Crippen molar-refractivity contribution in [2.75, 3.05) is 31.6 Å². The Bertz CT molecular complexity index is 1020. The molecule has 204 valence electrons. The summed E-state index contributed by atoms with van der Waals surface area (Å²) in [6, 6.07) is 9.09. The smallest absolute Gasteiger partial charge is 0.333 e. The first kappa shape index (κ1) is 29.9. The fourth-order valence-electron chi connectivity index (χ4n) is 3.46. The van der Waals surface area contributed by atoms with Crippen LogP contribution in [0.5, 0.6) is 5.75 Å². The maximum absolute atomic E-state index is 13.5. The number of halogens is 4. The Balaban J connectivity index is 1.95. The number of hydrogen-bond donors (Lipinski definition) is 2. The van der Waals surface area contributed by atoms with E-state index in [9.17, 15) is 32.3 Å². The molecular formula is C26H32F4N2O5. The molecule has 0 fully saturated rings. The average Bonchev–Trinajstić information content (AvgIpc) is 2.83. The van der Waals surface area contributed by atoms with E-state index >= 15 is 0 Å². The lowest BCUT2D eigenvalue weighted by molar-refractivity contribution is -0.149. The molecule has 11 heteroatoms. The molecule has 2 aromatic rings. The summed E-state index contributed by atoms with van der Waals surface area (Å²) in [6.07, 6.45) is -0.571. The number of ether oxygens (including phenoxy) is 2. The van der Waals surface area contributed by atoms with Crippen LogP contribution in [-0.2, 0) is 16.0 Å². The van der Waals surface area contributed by atoms with Crippen LogP contribution in [-0.4, -0.2) is 60.3 Å². The largest absolute Gasteiger partial charge is 0.492 e. The molecule has 0 bridgehead atoms. The van der Waals surface area contributed by atoms with E-state index in [0.29, 0.717) is 12.2 Å². The molecule has 1 unspecified atom stereocenters. The van der Waals surface area contributed by atoms with Crippen molar-refractivity contribution in [3.05, 3.63) is 59.7 Å². The first-order chi connectivity index (χ1) is 17.5. The number of aliphatic carboxylic acids is 1. The van der Waals surface area contributed by atoms with Crippen LogP contribution in [0.2, 0.25) is 0 Å². The molecule has 2 aromatic carbocycles. The summed E-state index contributed by atoms with van der Waals surface area (Å²) in [6.45, 7) is 3.16. The minimum Gasteiger partial charge on any atom is -0.492 e. The summed E-state index contributed by atoms with van der Waals surface area (Å²) >= 11 is 0. The van der Waals surface area contributed by atoms with Crippen molar-refractivity contribution in [3.63, 3.8) is 0 Å². The summed E-state index contributed by atoms with van der Waals surface area (Å²) < 4.78 is 63.8. The average molecular weight is 529 g/mol. The number of urea groups is 1. The van der Waals surface area contributed by atoms with Crippen LogP contribution in [0.1, 0.15) is 38.7 Å². The van der Waals surface area contributed by atoms with E-state index in [2.05, 4.69) is 5.32 Å². The Hall–Kier alpha value is -3.34. The van der Waals surface area contributed by atoms with Crippen LogP contribution < -0.4 is 10.1 Å². The van der Waals surface area contributed by atoms with Gasteiger partial charge in [0.25, 0.3) is 0 Å². The molecule has 2 rings (SSSR count). The number of carbonyl (C=O) groups is 2. The Morgan fingerprint density at radius 1 is 1.05 bits per heavy atom. The Kier molecular flexibility index (Phi) is 11.6. The number of amides is 2. The molecule has 2 N–H and O–H groups in total. The fraction of sp³-hybridized carbons (Fsp3) is 0.462. The zero-order valence-electron chi connectivity index (χ0n) is 20.8. The van der Waals surface area contributed by atoms with Crippen LogP contribution in [0.4, 0.5) is 28.0 Å². The van der Waals surface area contributed by atoms with Gasteiger partial charge >= 0.3 is 12.0 Å². The molecule has 0 spiro atoms. The number of rotatable bonds is 15. The molecule has 0 aliphatic carbocycles. The number of unbranched alkanes of at least 4 members (excludes halogenated alkanes) is 1. The predicted octanol–water partition coefficient (Wildman–Crippen LogP) is 5.74. The zero-order valence-corrected chi connectivity index (χ0v) is 20.8. The minimum absolute atomic E-state index is 0.0530. The fourth-order valence-corrected chi connectivity index (χ4v) is 3.46. The number of hydrogen-bond acceptors (Lipinski definition) is 4. The monoisotopic (exact) mass is 528 g/mol.